The molecule has 2 heterocycles. The Balaban J connectivity index is 1.67. The average molecular weight is 325 g/mol. The summed E-state index contributed by atoms with van der Waals surface area (Å²) in [5.41, 5.74) is 1.99. The summed E-state index contributed by atoms with van der Waals surface area (Å²) >= 11 is 13.1. The van der Waals surface area contributed by atoms with Gasteiger partial charge in [-0.2, -0.15) is 5.10 Å². The molecule has 0 bridgehead atoms. The van der Waals surface area contributed by atoms with Crippen molar-refractivity contribution in [2.75, 3.05) is 5.32 Å². The van der Waals surface area contributed by atoms with E-state index >= 15 is 0 Å². The lowest BCUT2D eigenvalue weighted by molar-refractivity contribution is 0.880. The minimum absolute atomic E-state index is 0.563. The minimum Gasteiger partial charge on any atom is -0.380 e. The van der Waals surface area contributed by atoms with E-state index in [4.69, 9.17) is 23.2 Å². The molecule has 0 atom stereocenters. The highest BCUT2D eigenvalue weighted by atomic mass is 35.5. The molecule has 0 spiro atoms. The van der Waals surface area contributed by atoms with Gasteiger partial charge in [-0.1, -0.05) is 23.2 Å². The average Bonchev–Trinajstić information content (AvgIpc) is 3.06. The number of anilines is 1. The first kappa shape index (κ1) is 13.4. The summed E-state index contributed by atoms with van der Waals surface area (Å²) in [6, 6.07) is 7.94. The molecule has 4 nitrogen and oxygen atoms in total. The molecule has 3 rings (SSSR count). The van der Waals surface area contributed by atoms with Crippen molar-refractivity contribution in [1.82, 2.24) is 14.8 Å². The van der Waals surface area contributed by atoms with Gasteiger partial charge < -0.3 is 5.32 Å². The van der Waals surface area contributed by atoms with Crippen molar-refractivity contribution in [2.24, 2.45) is 0 Å². The molecule has 0 aliphatic rings. The lowest BCUT2D eigenvalue weighted by Crippen LogP contribution is -1.98. The Morgan fingerprint density at radius 3 is 2.55 bits per heavy atom. The Labute approximate surface area is 130 Å². The zero-order valence-corrected chi connectivity index (χ0v) is 12.6. The van der Waals surface area contributed by atoms with Crippen LogP contribution in [0.1, 0.15) is 4.88 Å². The zero-order valence-electron chi connectivity index (χ0n) is 10.3. The van der Waals surface area contributed by atoms with E-state index in [9.17, 15) is 0 Å². The van der Waals surface area contributed by atoms with E-state index in [-0.39, 0.29) is 0 Å². The fraction of sp³-hybridized carbons (Fsp3) is 0.0769. The van der Waals surface area contributed by atoms with Crippen LogP contribution in [0.2, 0.25) is 9.49 Å². The van der Waals surface area contributed by atoms with Gasteiger partial charge in [0.25, 0.3) is 0 Å². The van der Waals surface area contributed by atoms with Gasteiger partial charge in [-0.25, -0.2) is 9.67 Å². The first-order valence-electron chi connectivity index (χ1n) is 5.85. The van der Waals surface area contributed by atoms with Gasteiger partial charge in [0.05, 0.1) is 23.5 Å². The molecule has 0 unspecified atom stereocenters. The smallest absolute Gasteiger partial charge is 0.183 e. The van der Waals surface area contributed by atoms with Crippen LogP contribution in [0.25, 0.3) is 5.69 Å². The highest BCUT2D eigenvalue weighted by molar-refractivity contribution is 7.15. The van der Waals surface area contributed by atoms with Gasteiger partial charge in [0, 0.05) is 23.0 Å². The monoisotopic (exact) mass is 324 g/mol. The normalized spacial score (nSPS) is 10.7. The summed E-state index contributed by atoms with van der Waals surface area (Å²) in [5.74, 6) is 0. The summed E-state index contributed by atoms with van der Waals surface area (Å²) in [5, 5.41) is 8.09. The van der Waals surface area contributed by atoms with Crippen molar-refractivity contribution in [3.05, 3.63) is 57.2 Å². The quantitative estimate of drug-likeness (QED) is 0.780. The minimum atomic E-state index is 0.563. The molecule has 0 aliphatic heterocycles. The molecule has 1 N–H and O–H groups in total. The highest BCUT2D eigenvalue weighted by Gasteiger charge is 2.01. The van der Waals surface area contributed by atoms with Crippen molar-refractivity contribution >= 4 is 40.2 Å². The predicted octanol–water partition coefficient (Wildman–Crippen LogP) is 4.25. The first-order chi connectivity index (χ1) is 9.70. The molecular formula is C13H10Cl2N4S. The Bertz CT molecular complexity index is 705. The molecule has 102 valence electrons. The van der Waals surface area contributed by atoms with Crippen LogP contribution in [0.15, 0.2) is 42.9 Å². The predicted molar refractivity (Wildman–Crippen MR) is 83.0 cm³/mol. The summed E-state index contributed by atoms with van der Waals surface area (Å²) in [6.07, 6.45) is 5.16. The maximum Gasteiger partial charge on any atom is 0.183 e. The zero-order chi connectivity index (χ0) is 13.9. The summed E-state index contributed by atoms with van der Waals surface area (Å²) in [6.45, 7) is 0.706. The first-order valence-corrected chi connectivity index (χ1v) is 7.42. The molecule has 0 aliphatic carbocycles. The fourth-order valence-corrected chi connectivity index (χ4v) is 2.78. The van der Waals surface area contributed by atoms with E-state index < -0.39 is 0 Å². The Morgan fingerprint density at radius 2 is 1.95 bits per heavy atom. The van der Waals surface area contributed by atoms with Crippen LogP contribution in [0.5, 0.6) is 0 Å². The van der Waals surface area contributed by atoms with Gasteiger partial charge in [-0.3, -0.25) is 0 Å². The third-order valence-electron chi connectivity index (χ3n) is 2.68. The van der Waals surface area contributed by atoms with Gasteiger partial charge in [0.2, 0.25) is 0 Å². The molecule has 3 aromatic rings. The molecule has 0 radical (unpaired) electrons. The lowest BCUT2D eigenvalue weighted by atomic mass is 10.3. The molecule has 2 aromatic heterocycles. The van der Waals surface area contributed by atoms with Gasteiger partial charge in [0.1, 0.15) is 0 Å². The van der Waals surface area contributed by atoms with Crippen LogP contribution >= 0.6 is 34.5 Å². The van der Waals surface area contributed by atoms with Crippen LogP contribution < -0.4 is 5.32 Å². The van der Waals surface area contributed by atoms with E-state index in [1.54, 1.807) is 23.3 Å². The SMILES string of the molecule is Clc1cnn(-c2ccc(NCc3cnc(Cl)s3)cc2)c1. The number of hydrogen-bond donors (Lipinski definition) is 1. The Hall–Kier alpha value is -1.56. The van der Waals surface area contributed by atoms with Crippen LogP contribution in [-0.4, -0.2) is 14.8 Å². The second kappa shape index (κ2) is 5.83. The van der Waals surface area contributed by atoms with Crippen molar-refractivity contribution in [3.8, 4) is 5.69 Å². The third-order valence-corrected chi connectivity index (χ3v) is 3.99. The summed E-state index contributed by atoms with van der Waals surface area (Å²) in [7, 11) is 0. The summed E-state index contributed by atoms with van der Waals surface area (Å²) < 4.78 is 2.29. The number of aromatic nitrogens is 3. The van der Waals surface area contributed by atoms with Crippen molar-refractivity contribution in [1.29, 1.82) is 0 Å². The van der Waals surface area contributed by atoms with E-state index in [2.05, 4.69) is 15.4 Å². The lowest BCUT2D eigenvalue weighted by Gasteiger charge is -2.06. The van der Waals surface area contributed by atoms with Crippen LogP contribution in [0, 0.1) is 0 Å². The molecule has 1 aromatic carbocycles. The Morgan fingerprint density at radius 1 is 1.15 bits per heavy atom. The molecule has 0 fully saturated rings. The molecule has 0 saturated carbocycles. The number of thiazole rings is 1. The number of nitrogens with zero attached hydrogens (tertiary/aromatic N) is 3. The number of benzene rings is 1. The van der Waals surface area contributed by atoms with Crippen molar-refractivity contribution in [3.63, 3.8) is 0 Å². The maximum absolute atomic E-state index is 5.85. The second-order valence-corrected chi connectivity index (χ2v) is 6.22. The molecular weight excluding hydrogens is 315 g/mol. The number of hydrogen-bond acceptors (Lipinski definition) is 4. The summed E-state index contributed by atoms with van der Waals surface area (Å²) in [4.78, 5) is 5.10. The van der Waals surface area contributed by atoms with Gasteiger partial charge in [-0.05, 0) is 24.3 Å². The Kier molecular flexibility index (Phi) is 3.91. The highest BCUT2D eigenvalue weighted by Crippen LogP contribution is 2.20. The number of nitrogens with one attached hydrogen (secondary N) is 1. The van der Waals surface area contributed by atoms with Gasteiger partial charge >= 0.3 is 0 Å². The standard InChI is InChI=1S/C13H10Cl2N4S/c14-9-5-18-19(8-9)11-3-1-10(2-4-11)16-6-12-7-17-13(15)20-12/h1-5,7-8,16H,6H2. The second-order valence-electron chi connectivity index (χ2n) is 4.08. The molecule has 0 amide bonds. The van der Waals surface area contributed by atoms with E-state index in [1.807, 2.05) is 24.3 Å². The van der Waals surface area contributed by atoms with Gasteiger partial charge in [-0.15, -0.1) is 11.3 Å². The van der Waals surface area contributed by atoms with E-state index in [1.165, 1.54) is 11.3 Å². The number of halogens is 2. The molecule has 7 heteroatoms. The molecule has 20 heavy (non-hydrogen) atoms. The van der Waals surface area contributed by atoms with Crippen LogP contribution in [0.4, 0.5) is 5.69 Å². The van der Waals surface area contributed by atoms with Crippen LogP contribution in [-0.2, 0) is 6.54 Å². The fourth-order valence-electron chi connectivity index (χ4n) is 1.73. The number of rotatable bonds is 4. The van der Waals surface area contributed by atoms with Gasteiger partial charge in [0.15, 0.2) is 4.47 Å². The third kappa shape index (κ3) is 3.12. The topological polar surface area (TPSA) is 42.7 Å². The van der Waals surface area contributed by atoms with Crippen molar-refractivity contribution < 1.29 is 0 Å². The van der Waals surface area contributed by atoms with Crippen molar-refractivity contribution in [2.45, 2.75) is 6.54 Å². The van der Waals surface area contributed by atoms with Crippen LogP contribution in [0.3, 0.4) is 0 Å². The largest absolute Gasteiger partial charge is 0.380 e. The molecule has 0 saturated heterocycles. The maximum atomic E-state index is 5.85. The van der Waals surface area contributed by atoms with E-state index in [0.29, 0.717) is 16.0 Å². The van der Waals surface area contributed by atoms with E-state index in [0.717, 1.165) is 16.3 Å².